The fourth-order valence-corrected chi connectivity index (χ4v) is 5.38. The number of carbonyl (C=O) groups is 1. The molecule has 138 valence electrons. The highest BCUT2D eigenvalue weighted by Crippen LogP contribution is 2.28. The molecule has 0 saturated heterocycles. The lowest BCUT2D eigenvalue weighted by Gasteiger charge is -2.20. The number of hydrogen-bond acceptors (Lipinski definition) is 1. The third-order valence-electron chi connectivity index (χ3n) is 4.10. The highest BCUT2D eigenvalue weighted by atomic mass is 79.9. The maximum atomic E-state index is 10.8. The predicted octanol–water partition coefficient (Wildman–Crippen LogP) is 8.29. The van der Waals surface area contributed by atoms with E-state index in [1.54, 1.807) is 0 Å². The smallest absolute Gasteiger partial charge is 0.197 e. The molecule has 0 spiro atoms. The molecule has 3 unspecified atom stereocenters. The van der Waals surface area contributed by atoms with Crippen molar-refractivity contribution in [1.82, 2.24) is 0 Å². The summed E-state index contributed by atoms with van der Waals surface area (Å²) in [4.78, 5) is 12.5. The van der Waals surface area contributed by atoms with E-state index in [1.165, 1.54) is 70.6 Å². The molecule has 0 aromatic rings. The fraction of sp³-hybridized carbons (Fsp3) is 0.944. The van der Waals surface area contributed by atoms with Gasteiger partial charge in [0.05, 0.1) is 0 Å². The standard InChI is InChI=1S/C18H32Br4O/c1-2-3-4-8-11-15(19)14-17(21)16(20)12-9-6-5-7-10-13-18(22)23/h15-17H,2-14H2,1H3. The second-order valence-corrected chi connectivity index (χ2v) is 10.9. The molecule has 0 N–H and O–H groups in total. The largest absolute Gasteiger partial charge is 0.287 e. The lowest BCUT2D eigenvalue weighted by molar-refractivity contribution is -0.110. The zero-order chi connectivity index (χ0) is 17.5. The predicted molar refractivity (Wildman–Crippen MR) is 118 cm³/mol. The molecule has 23 heavy (non-hydrogen) atoms. The third-order valence-corrected chi connectivity index (χ3v) is 8.14. The van der Waals surface area contributed by atoms with Gasteiger partial charge in [-0.3, -0.25) is 4.79 Å². The van der Waals surface area contributed by atoms with Crippen LogP contribution >= 0.6 is 63.7 Å². The van der Waals surface area contributed by atoms with Crippen LogP contribution in [0.15, 0.2) is 0 Å². The molecule has 0 rings (SSSR count). The molecule has 0 saturated carbocycles. The van der Waals surface area contributed by atoms with Gasteiger partial charge in [-0.2, -0.15) is 0 Å². The van der Waals surface area contributed by atoms with E-state index in [0.29, 0.717) is 20.9 Å². The summed E-state index contributed by atoms with van der Waals surface area (Å²) in [6, 6.07) is 0. The third kappa shape index (κ3) is 16.8. The minimum Gasteiger partial charge on any atom is -0.287 e. The second-order valence-electron chi connectivity index (χ2n) is 6.38. The molecular weight excluding hydrogens is 552 g/mol. The van der Waals surface area contributed by atoms with Gasteiger partial charge in [0.2, 0.25) is 0 Å². The molecule has 0 fully saturated rings. The monoisotopic (exact) mass is 580 g/mol. The number of rotatable bonds is 16. The molecule has 0 heterocycles. The molecule has 5 heteroatoms. The summed E-state index contributed by atoms with van der Waals surface area (Å²) in [6.45, 7) is 2.26. The first kappa shape index (κ1) is 24.6. The Hall–Kier alpha value is 1.59. The van der Waals surface area contributed by atoms with Gasteiger partial charge in [0.15, 0.2) is 4.69 Å². The van der Waals surface area contributed by atoms with Crippen molar-refractivity contribution in [1.29, 1.82) is 0 Å². The maximum Gasteiger partial charge on any atom is 0.197 e. The Labute approximate surface area is 177 Å². The van der Waals surface area contributed by atoms with Crippen molar-refractivity contribution >= 4 is 68.4 Å². The first-order valence-corrected chi connectivity index (χ1v) is 12.6. The Balaban J connectivity index is 3.57. The Bertz CT molecular complexity index is 286. The summed E-state index contributed by atoms with van der Waals surface area (Å²) in [7, 11) is 0. The quantitative estimate of drug-likeness (QED) is 0.101. The molecule has 0 bridgehead atoms. The van der Waals surface area contributed by atoms with Gasteiger partial charge in [-0.05, 0) is 41.6 Å². The number of carbonyl (C=O) groups excluding carboxylic acids is 1. The fourth-order valence-electron chi connectivity index (χ4n) is 2.62. The second kappa shape index (κ2) is 17.0. The molecule has 0 aromatic heterocycles. The molecule has 0 aliphatic carbocycles. The highest BCUT2D eigenvalue weighted by Gasteiger charge is 2.18. The number of alkyl halides is 3. The average molecular weight is 584 g/mol. The first-order valence-electron chi connectivity index (χ1n) is 9.07. The summed E-state index contributed by atoms with van der Waals surface area (Å²) in [5.41, 5.74) is 0. The van der Waals surface area contributed by atoms with Gasteiger partial charge in [-0.1, -0.05) is 106 Å². The zero-order valence-corrected chi connectivity index (χ0v) is 20.7. The van der Waals surface area contributed by atoms with Crippen molar-refractivity contribution in [3.8, 4) is 0 Å². The van der Waals surface area contributed by atoms with Crippen LogP contribution in [-0.4, -0.2) is 19.2 Å². The van der Waals surface area contributed by atoms with Crippen molar-refractivity contribution < 1.29 is 4.79 Å². The molecule has 0 aliphatic rings. The minimum atomic E-state index is 0.138. The van der Waals surface area contributed by atoms with Crippen molar-refractivity contribution in [2.45, 2.75) is 105 Å². The van der Waals surface area contributed by atoms with Crippen molar-refractivity contribution in [2.24, 2.45) is 0 Å². The van der Waals surface area contributed by atoms with Crippen molar-refractivity contribution in [3.63, 3.8) is 0 Å². The SMILES string of the molecule is CCCCCCC(Br)CC(Br)C(Br)CCCCCCCC(=O)Br. The average Bonchev–Trinajstić information content (AvgIpc) is 2.50. The molecule has 0 aromatic carbocycles. The van der Waals surface area contributed by atoms with Crippen LogP contribution in [0.5, 0.6) is 0 Å². The van der Waals surface area contributed by atoms with E-state index >= 15 is 0 Å². The van der Waals surface area contributed by atoms with Gasteiger partial charge < -0.3 is 0 Å². The zero-order valence-electron chi connectivity index (χ0n) is 14.3. The van der Waals surface area contributed by atoms with Crippen LogP contribution < -0.4 is 0 Å². The van der Waals surface area contributed by atoms with Crippen LogP contribution in [0, 0.1) is 0 Å². The number of unbranched alkanes of at least 4 members (excludes halogenated alkanes) is 7. The summed E-state index contributed by atoms with van der Waals surface area (Å²) in [6.07, 6.45) is 15.7. The lowest BCUT2D eigenvalue weighted by Crippen LogP contribution is -2.18. The highest BCUT2D eigenvalue weighted by molar-refractivity contribution is 9.18. The van der Waals surface area contributed by atoms with Crippen LogP contribution in [0.4, 0.5) is 0 Å². The van der Waals surface area contributed by atoms with Crippen LogP contribution in [0.25, 0.3) is 0 Å². The van der Waals surface area contributed by atoms with E-state index in [1.807, 2.05) is 0 Å². The molecular formula is C18H32Br4O. The number of halogens is 4. The maximum absolute atomic E-state index is 10.8. The Kier molecular flexibility index (Phi) is 18.2. The number of hydrogen-bond donors (Lipinski definition) is 0. The van der Waals surface area contributed by atoms with Crippen molar-refractivity contribution in [3.05, 3.63) is 0 Å². The van der Waals surface area contributed by atoms with Gasteiger partial charge in [0.1, 0.15) is 0 Å². The minimum absolute atomic E-state index is 0.138. The lowest BCUT2D eigenvalue weighted by atomic mass is 10.0. The normalized spacial score (nSPS) is 15.3. The van der Waals surface area contributed by atoms with E-state index in [2.05, 4.69) is 70.6 Å². The van der Waals surface area contributed by atoms with Crippen LogP contribution in [0.2, 0.25) is 0 Å². The molecule has 3 atom stereocenters. The summed E-state index contributed by atoms with van der Waals surface area (Å²) < 4.78 is 0.138. The summed E-state index contributed by atoms with van der Waals surface area (Å²) in [5, 5.41) is 0. The van der Waals surface area contributed by atoms with Gasteiger partial charge in [0, 0.05) is 20.9 Å². The van der Waals surface area contributed by atoms with Crippen LogP contribution in [0.1, 0.15) is 90.4 Å². The van der Waals surface area contributed by atoms with Crippen molar-refractivity contribution in [2.75, 3.05) is 0 Å². The first-order chi connectivity index (χ1) is 11.0. The van der Waals surface area contributed by atoms with Crippen LogP contribution in [-0.2, 0) is 4.79 Å². The summed E-state index contributed by atoms with van der Waals surface area (Å²) in [5.74, 6) is 0. The van der Waals surface area contributed by atoms with Gasteiger partial charge >= 0.3 is 0 Å². The molecule has 0 aliphatic heterocycles. The van der Waals surface area contributed by atoms with Gasteiger partial charge in [-0.25, -0.2) is 0 Å². The van der Waals surface area contributed by atoms with E-state index in [-0.39, 0.29) is 4.69 Å². The van der Waals surface area contributed by atoms with Crippen LogP contribution in [0.3, 0.4) is 0 Å². The van der Waals surface area contributed by atoms with E-state index in [0.717, 1.165) is 6.42 Å². The Morgan fingerprint density at radius 1 is 0.783 bits per heavy atom. The van der Waals surface area contributed by atoms with Gasteiger partial charge in [0.25, 0.3) is 0 Å². The summed E-state index contributed by atoms with van der Waals surface area (Å²) >= 11 is 14.5. The molecule has 0 radical (unpaired) electrons. The van der Waals surface area contributed by atoms with Gasteiger partial charge in [-0.15, -0.1) is 0 Å². The van der Waals surface area contributed by atoms with E-state index < -0.39 is 0 Å². The molecule has 0 amide bonds. The van der Waals surface area contributed by atoms with E-state index in [9.17, 15) is 4.79 Å². The Morgan fingerprint density at radius 2 is 1.35 bits per heavy atom. The molecule has 1 nitrogen and oxygen atoms in total. The Morgan fingerprint density at radius 3 is 2.00 bits per heavy atom. The topological polar surface area (TPSA) is 17.1 Å². The van der Waals surface area contributed by atoms with E-state index in [4.69, 9.17) is 0 Å².